The molecule has 388 valence electrons. The van der Waals surface area contributed by atoms with Crippen molar-refractivity contribution in [3.05, 3.63) is 147 Å². The summed E-state index contributed by atoms with van der Waals surface area (Å²) in [6.07, 6.45) is 7.09. The lowest BCUT2D eigenvalue weighted by atomic mass is 9.33. The second-order valence-electron chi connectivity index (χ2n) is 30.3. The van der Waals surface area contributed by atoms with Gasteiger partial charge in [0.1, 0.15) is 0 Å². The lowest BCUT2D eigenvalue weighted by molar-refractivity contribution is 0.332. The lowest BCUT2D eigenvalue weighted by Crippen LogP contribution is -2.61. The van der Waals surface area contributed by atoms with Gasteiger partial charge in [-0.1, -0.05) is 173 Å². The van der Waals surface area contributed by atoms with Crippen molar-refractivity contribution < 1.29 is 0 Å². The van der Waals surface area contributed by atoms with Crippen LogP contribution in [0, 0.1) is 6.92 Å². The molecule has 5 aliphatic rings. The fourth-order valence-corrected chi connectivity index (χ4v) is 16.1. The molecule has 0 amide bonds. The molecule has 3 aliphatic carbocycles. The van der Waals surface area contributed by atoms with Crippen LogP contribution in [0.5, 0.6) is 0 Å². The molecule has 12 rings (SSSR count). The Balaban J connectivity index is 1.22. The smallest absolute Gasteiger partial charge is 0.254 e. The van der Waals surface area contributed by atoms with Crippen LogP contribution in [0.3, 0.4) is 0 Å². The highest BCUT2D eigenvalue weighted by Crippen LogP contribution is 2.57. The molecule has 2 aliphatic heterocycles. The van der Waals surface area contributed by atoms with Crippen molar-refractivity contribution in [2.45, 2.75) is 213 Å². The maximum atomic E-state index is 2.75. The molecular weight excluding hydrogens is 924 g/mol. The number of hydrogen-bond acceptors (Lipinski definition) is 3. The van der Waals surface area contributed by atoms with Crippen molar-refractivity contribution in [3.8, 4) is 11.1 Å². The first-order chi connectivity index (χ1) is 34.8. The van der Waals surface area contributed by atoms with Crippen LogP contribution < -0.4 is 26.2 Å². The van der Waals surface area contributed by atoms with Crippen LogP contribution in [0.2, 0.25) is 0 Å². The molecule has 0 bridgehead atoms. The van der Waals surface area contributed by atoms with Gasteiger partial charge in [0.25, 0.3) is 6.71 Å². The predicted molar refractivity (Wildman–Crippen MR) is 329 cm³/mol. The van der Waals surface area contributed by atoms with Crippen molar-refractivity contribution in [1.29, 1.82) is 0 Å². The summed E-state index contributed by atoms with van der Waals surface area (Å²) in [5.74, 6) is 0. The Morgan fingerprint density at radius 1 is 0.440 bits per heavy atom. The van der Waals surface area contributed by atoms with Gasteiger partial charge in [0.2, 0.25) is 0 Å². The molecule has 0 unspecified atom stereocenters. The van der Waals surface area contributed by atoms with Crippen LogP contribution in [-0.4, -0.2) is 6.71 Å². The Morgan fingerprint density at radius 2 is 0.933 bits per heavy atom. The summed E-state index contributed by atoms with van der Waals surface area (Å²) in [6.45, 7) is 46.5. The van der Waals surface area contributed by atoms with Gasteiger partial charge in [-0.3, -0.25) is 0 Å². The lowest BCUT2D eigenvalue weighted by Gasteiger charge is -2.47. The number of nitrogens with zero attached hydrogens (tertiary/aromatic N) is 2. The minimum Gasteiger partial charge on any atom is -0.311 e. The highest BCUT2D eigenvalue weighted by Gasteiger charge is 2.49. The van der Waals surface area contributed by atoms with E-state index in [2.05, 4.69) is 238 Å². The molecule has 6 aromatic carbocycles. The summed E-state index contributed by atoms with van der Waals surface area (Å²) >= 11 is 2.04. The minimum atomic E-state index is -0.0454. The second kappa shape index (κ2) is 16.0. The largest absolute Gasteiger partial charge is 0.311 e. The van der Waals surface area contributed by atoms with Crippen LogP contribution in [0.15, 0.2) is 97.1 Å². The van der Waals surface area contributed by atoms with Crippen molar-refractivity contribution in [1.82, 2.24) is 0 Å². The summed E-state index contributed by atoms with van der Waals surface area (Å²) in [7, 11) is 0. The zero-order valence-corrected chi connectivity index (χ0v) is 50.2. The number of thiophene rings is 1. The van der Waals surface area contributed by atoms with E-state index in [1.165, 1.54) is 153 Å². The SMILES string of the molecule is Cc1cc2c3c(c1)N(c1ccc4c(c1)C(C)(C)CCC4(C)C)c1sc4cc5c(cc4c1B3c1cc(C(C)(C)C)ccc1N2c1ccc2c(c1-c1ccc(C(C)(C)C)cc1)C(C)(C)CCC2(C)C)C(C)(C)CCC5(C)C. The Labute approximate surface area is 456 Å². The highest BCUT2D eigenvalue weighted by molar-refractivity contribution is 7.26. The summed E-state index contributed by atoms with van der Waals surface area (Å²) in [4.78, 5) is 5.50. The van der Waals surface area contributed by atoms with Gasteiger partial charge in [0.05, 0.1) is 10.7 Å². The molecule has 2 nitrogen and oxygen atoms in total. The fraction of sp³-hybridized carbons (Fsp3) is 0.465. The third-order valence-corrected chi connectivity index (χ3v) is 21.2. The average Bonchev–Trinajstić information content (AvgIpc) is 3.70. The van der Waals surface area contributed by atoms with Crippen LogP contribution >= 0.6 is 11.3 Å². The maximum absolute atomic E-state index is 2.75. The van der Waals surface area contributed by atoms with Gasteiger partial charge in [-0.15, -0.1) is 11.3 Å². The minimum absolute atomic E-state index is 0.0254. The van der Waals surface area contributed by atoms with Gasteiger partial charge < -0.3 is 9.80 Å². The molecule has 0 saturated carbocycles. The average molecular weight is 1010 g/mol. The molecule has 0 saturated heterocycles. The molecule has 75 heavy (non-hydrogen) atoms. The number of fused-ring (bicyclic) bond motifs is 9. The van der Waals surface area contributed by atoms with Gasteiger partial charge in [0, 0.05) is 33.0 Å². The zero-order chi connectivity index (χ0) is 53.7. The monoisotopic (exact) mass is 1010 g/mol. The summed E-state index contributed by atoms with van der Waals surface area (Å²) in [6, 6.07) is 40.5. The third kappa shape index (κ3) is 7.65. The van der Waals surface area contributed by atoms with E-state index in [0.29, 0.717) is 0 Å². The molecule has 3 heterocycles. The molecule has 0 fully saturated rings. The van der Waals surface area contributed by atoms with E-state index in [-0.39, 0.29) is 50.0 Å². The second-order valence-corrected chi connectivity index (χ2v) is 31.3. The van der Waals surface area contributed by atoms with Crippen LogP contribution in [-0.2, 0) is 43.3 Å². The normalized spacial score (nSPS) is 20.2. The Hall–Kier alpha value is -5.06. The summed E-state index contributed by atoms with van der Waals surface area (Å²) in [5.41, 5.74) is 27.0. The van der Waals surface area contributed by atoms with E-state index >= 15 is 0 Å². The van der Waals surface area contributed by atoms with Crippen molar-refractivity contribution in [2.24, 2.45) is 0 Å². The standard InChI is InChI=1S/C71H85BN2S/c1-42-36-56-62-57(37-42)74(55-29-27-49-60(71(18,19)35-34-67(49,10)11)59(55)43-20-22-44(23-21-43)64(2,3)4)54-28-24-45(65(5,6)7)38-53(54)72(62)61-47-40-51-52(70(16,17)33-32-69(51,14)15)41-58(47)75-63(61)73(56)46-25-26-48-50(39-46)68(12,13)31-30-66(48,8)9/h20-29,36-41H,30-35H2,1-19H3. The van der Waals surface area contributed by atoms with E-state index < -0.39 is 0 Å². The molecule has 4 heteroatoms. The third-order valence-electron chi connectivity index (χ3n) is 20.0. The van der Waals surface area contributed by atoms with E-state index in [0.717, 1.165) is 6.42 Å². The molecule has 0 spiro atoms. The molecule has 0 N–H and O–H groups in total. The predicted octanol–water partition coefficient (Wildman–Crippen LogP) is 18.6. The van der Waals surface area contributed by atoms with Crippen molar-refractivity contribution >= 4 is 78.0 Å². The van der Waals surface area contributed by atoms with Gasteiger partial charge >= 0.3 is 0 Å². The van der Waals surface area contributed by atoms with Gasteiger partial charge in [-0.2, -0.15) is 0 Å². The Bertz CT molecular complexity index is 3540. The van der Waals surface area contributed by atoms with E-state index in [4.69, 9.17) is 0 Å². The van der Waals surface area contributed by atoms with E-state index in [9.17, 15) is 0 Å². The van der Waals surface area contributed by atoms with Gasteiger partial charge in [-0.25, -0.2) is 0 Å². The summed E-state index contributed by atoms with van der Waals surface area (Å²) < 4.78 is 1.41. The molecule has 0 atom stereocenters. The molecule has 0 radical (unpaired) electrons. The quantitative estimate of drug-likeness (QED) is 0.163. The topological polar surface area (TPSA) is 6.48 Å². The highest BCUT2D eigenvalue weighted by atomic mass is 32.1. The summed E-state index contributed by atoms with van der Waals surface area (Å²) in [5, 5.41) is 2.81. The maximum Gasteiger partial charge on any atom is 0.254 e. The number of aryl methyl sites for hydroxylation is 1. The van der Waals surface area contributed by atoms with E-state index in [1.807, 2.05) is 11.3 Å². The number of anilines is 6. The van der Waals surface area contributed by atoms with Gasteiger partial charge in [-0.05, 0) is 215 Å². The Kier molecular flexibility index (Phi) is 10.8. The van der Waals surface area contributed by atoms with Crippen LogP contribution in [0.4, 0.5) is 33.4 Å². The number of benzene rings is 6. The Morgan fingerprint density at radius 3 is 1.53 bits per heavy atom. The first-order valence-electron chi connectivity index (χ1n) is 28.8. The molecule has 7 aromatic rings. The van der Waals surface area contributed by atoms with Crippen LogP contribution in [0.1, 0.15) is 213 Å². The van der Waals surface area contributed by atoms with Crippen molar-refractivity contribution in [2.75, 3.05) is 9.80 Å². The van der Waals surface area contributed by atoms with Crippen LogP contribution in [0.25, 0.3) is 21.2 Å². The van der Waals surface area contributed by atoms with E-state index in [1.54, 1.807) is 0 Å². The first-order valence-corrected chi connectivity index (χ1v) is 29.6. The zero-order valence-electron chi connectivity index (χ0n) is 49.4. The first kappa shape index (κ1) is 50.7. The molecular formula is C71H85BN2S. The fourth-order valence-electron chi connectivity index (χ4n) is 14.8. The number of rotatable bonds is 3. The van der Waals surface area contributed by atoms with Gasteiger partial charge in [0.15, 0.2) is 0 Å². The number of hydrogen-bond donors (Lipinski definition) is 0. The van der Waals surface area contributed by atoms with Crippen molar-refractivity contribution in [3.63, 3.8) is 0 Å². The molecule has 1 aromatic heterocycles.